The number of allylic oxidation sites excluding steroid dienone is 8. The standard InChI is InChI=1S/2C12H20/c2*1-5-6-11-7-10(2)8-12(3,4)9-11/h7,9H,5-6,8H2,1-4H3;6-7H,5,8-9H2,1-4H3/b;11-6-. The van der Waals surface area contributed by atoms with Gasteiger partial charge in [-0.2, -0.15) is 0 Å². The Morgan fingerprint density at radius 2 is 1.54 bits per heavy atom. The molecule has 0 aromatic rings. The van der Waals surface area contributed by atoms with E-state index in [1.165, 1.54) is 54.4 Å². The fourth-order valence-corrected chi connectivity index (χ4v) is 4.30. The second-order valence-electron chi connectivity index (χ2n) is 9.32. The van der Waals surface area contributed by atoms with E-state index in [1.54, 1.807) is 0 Å². The third kappa shape index (κ3) is 7.69. The van der Waals surface area contributed by atoms with E-state index in [2.05, 4.69) is 79.7 Å². The molecule has 0 unspecified atom stereocenters. The molecular weight excluding hydrogens is 288 g/mol. The first-order chi connectivity index (χ1) is 11.1. The molecule has 2 aliphatic carbocycles. The molecule has 0 aromatic carbocycles. The summed E-state index contributed by atoms with van der Waals surface area (Å²) in [6, 6.07) is 0. The summed E-state index contributed by atoms with van der Waals surface area (Å²) < 4.78 is 0. The molecule has 136 valence electrons. The zero-order chi connectivity index (χ0) is 18.4. The summed E-state index contributed by atoms with van der Waals surface area (Å²) in [7, 11) is 0. The van der Waals surface area contributed by atoms with Crippen LogP contribution in [-0.2, 0) is 0 Å². The molecule has 0 fully saturated rings. The van der Waals surface area contributed by atoms with Gasteiger partial charge in [-0.1, -0.05) is 94.6 Å². The van der Waals surface area contributed by atoms with Crippen LogP contribution in [0.2, 0.25) is 0 Å². The summed E-state index contributed by atoms with van der Waals surface area (Å²) in [5.41, 5.74) is 7.01. The van der Waals surface area contributed by atoms with Gasteiger partial charge in [0, 0.05) is 0 Å². The van der Waals surface area contributed by atoms with Crippen molar-refractivity contribution in [1.29, 1.82) is 0 Å². The lowest BCUT2D eigenvalue weighted by Gasteiger charge is -2.30. The molecule has 0 spiro atoms. The third-order valence-corrected chi connectivity index (χ3v) is 4.62. The SMILES string of the molecule is CC/C=C1/C=C(C)CC(C)(C)C1.CCCC1=CC(C)(C)CC(C)=C1. The van der Waals surface area contributed by atoms with E-state index in [1.807, 2.05) is 0 Å². The van der Waals surface area contributed by atoms with E-state index < -0.39 is 0 Å². The maximum atomic E-state index is 2.43. The zero-order valence-corrected chi connectivity index (χ0v) is 17.6. The van der Waals surface area contributed by atoms with E-state index in [0.717, 1.165) is 6.42 Å². The van der Waals surface area contributed by atoms with Gasteiger partial charge in [0.2, 0.25) is 0 Å². The molecular formula is C24H40. The van der Waals surface area contributed by atoms with E-state index in [0.29, 0.717) is 10.8 Å². The molecule has 2 aliphatic rings. The number of hydrogen-bond acceptors (Lipinski definition) is 0. The van der Waals surface area contributed by atoms with Gasteiger partial charge in [0.25, 0.3) is 0 Å². The summed E-state index contributed by atoms with van der Waals surface area (Å²) in [5, 5.41) is 0. The summed E-state index contributed by atoms with van der Waals surface area (Å²) in [5.74, 6) is 0. The van der Waals surface area contributed by atoms with Crippen LogP contribution >= 0.6 is 0 Å². The number of rotatable bonds is 3. The Bertz CT molecular complexity index is 532. The molecule has 0 nitrogen and oxygen atoms in total. The van der Waals surface area contributed by atoms with Crippen molar-refractivity contribution in [2.45, 2.75) is 93.9 Å². The topological polar surface area (TPSA) is 0 Å². The van der Waals surface area contributed by atoms with Crippen LogP contribution in [0.5, 0.6) is 0 Å². The maximum Gasteiger partial charge on any atom is -0.0132 e. The summed E-state index contributed by atoms with van der Waals surface area (Å²) in [6.45, 7) is 18.3. The highest BCUT2D eigenvalue weighted by Crippen LogP contribution is 2.37. The Balaban J connectivity index is 0.000000240. The smallest absolute Gasteiger partial charge is 0.0132 e. The fourth-order valence-electron chi connectivity index (χ4n) is 4.30. The first kappa shape index (κ1) is 21.0. The fraction of sp³-hybridized carbons (Fsp3) is 0.667. The minimum Gasteiger partial charge on any atom is -0.0816 e. The first-order valence-corrected chi connectivity index (χ1v) is 9.82. The van der Waals surface area contributed by atoms with Crippen molar-refractivity contribution in [3.8, 4) is 0 Å². The van der Waals surface area contributed by atoms with Crippen molar-refractivity contribution in [3.63, 3.8) is 0 Å². The van der Waals surface area contributed by atoms with Crippen molar-refractivity contribution in [2.75, 3.05) is 0 Å². The Hall–Kier alpha value is -1.04. The van der Waals surface area contributed by atoms with E-state index in [4.69, 9.17) is 0 Å². The predicted octanol–water partition coefficient (Wildman–Crippen LogP) is 8.18. The van der Waals surface area contributed by atoms with Gasteiger partial charge in [-0.3, -0.25) is 0 Å². The van der Waals surface area contributed by atoms with Crippen LogP contribution in [0.3, 0.4) is 0 Å². The molecule has 0 atom stereocenters. The molecule has 0 bridgehead atoms. The highest BCUT2D eigenvalue weighted by molar-refractivity contribution is 5.30. The van der Waals surface area contributed by atoms with Crippen LogP contribution in [0, 0.1) is 10.8 Å². The predicted molar refractivity (Wildman–Crippen MR) is 110 cm³/mol. The molecule has 0 N–H and O–H groups in total. The average molecular weight is 329 g/mol. The van der Waals surface area contributed by atoms with Gasteiger partial charge in [0.15, 0.2) is 0 Å². The Morgan fingerprint density at radius 1 is 0.917 bits per heavy atom. The quantitative estimate of drug-likeness (QED) is 0.490. The van der Waals surface area contributed by atoms with Gasteiger partial charge < -0.3 is 0 Å². The molecule has 0 aromatic heterocycles. The van der Waals surface area contributed by atoms with Gasteiger partial charge in [0.05, 0.1) is 0 Å². The second kappa shape index (κ2) is 8.88. The average Bonchev–Trinajstić information content (AvgIpc) is 2.34. The van der Waals surface area contributed by atoms with Crippen molar-refractivity contribution in [3.05, 3.63) is 46.6 Å². The second-order valence-corrected chi connectivity index (χ2v) is 9.32. The van der Waals surface area contributed by atoms with Gasteiger partial charge in [-0.25, -0.2) is 0 Å². The zero-order valence-electron chi connectivity index (χ0n) is 17.6. The molecule has 0 radical (unpaired) electrons. The Morgan fingerprint density at radius 3 is 2.04 bits per heavy atom. The van der Waals surface area contributed by atoms with Crippen molar-refractivity contribution < 1.29 is 0 Å². The van der Waals surface area contributed by atoms with Crippen LogP contribution in [0.25, 0.3) is 0 Å². The highest BCUT2D eigenvalue weighted by Gasteiger charge is 2.23. The Labute approximate surface area is 151 Å². The van der Waals surface area contributed by atoms with Crippen LogP contribution < -0.4 is 0 Å². The summed E-state index contributed by atoms with van der Waals surface area (Å²) >= 11 is 0. The molecule has 2 rings (SSSR count). The largest absolute Gasteiger partial charge is 0.0816 e. The Kier molecular flexibility index (Phi) is 7.77. The van der Waals surface area contributed by atoms with Crippen molar-refractivity contribution in [1.82, 2.24) is 0 Å². The first-order valence-electron chi connectivity index (χ1n) is 9.82. The highest BCUT2D eigenvalue weighted by atomic mass is 14.3. The third-order valence-electron chi connectivity index (χ3n) is 4.62. The molecule has 0 amide bonds. The molecule has 0 aliphatic heterocycles. The van der Waals surface area contributed by atoms with Gasteiger partial charge >= 0.3 is 0 Å². The van der Waals surface area contributed by atoms with E-state index >= 15 is 0 Å². The lowest BCUT2D eigenvalue weighted by atomic mass is 9.75. The van der Waals surface area contributed by atoms with Gasteiger partial charge in [-0.15, -0.1) is 0 Å². The molecule has 0 heterocycles. The van der Waals surface area contributed by atoms with E-state index in [-0.39, 0.29) is 0 Å². The summed E-state index contributed by atoms with van der Waals surface area (Å²) in [6.07, 6.45) is 16.9. The summed E-state index contributed by atoms with van der Waals surface area (Å²) in [4.78, 5) is 0. The lowest BCUT2D eigenvalue weighted by Crippen LogP contribution is -2.16. The van der Waals surface area contributed by atoms with Crippen LogP contribution in [-0.4, -0.2) is 0 Å². The molecule has 0 saturated heterocycles. The maximum absolute atomic E-state index is 2.43. The molecule has 0 saturated carbocycles. The number of hydrogen-bond donors (Lipinski definition) is 0. The van der Waals surface area contributed by atoms with Crippen LogP contribution in [0.15, 0.2) is 46.6 Å². The van der Waals surface area contributed by atoms with Crippen LogP contribution in [0.4, 0.5) is 0 Å². The minimum absolute atomic E-state index is 0.392. The molecule has 24 heavy (non-hydrogen) atoms. The lowest BCUT2D eigenvalue weighted by molar-refractivity contribution is 0.351. The normalized spacial score (nSPS) is 23.7. The van der Waals surface area contributed by atoms with Gasteiger partial charge in [-0.05, 0) is 56.8 Å². The van der Waals surface area contributed by atoms with Crippen LogP contribution in [0.1, 0.15) is 93.9 Å². The van der Waals surface area contributed by atoms with Crippen molar-refractivity contribution in [2.24, 2.45) is 10.8 Å². The monoisotopic (exact) mass is 328 g/mol. The van der Waals surface area contributed by atoms with Crippen molar-refractivity contribution >= 4 is 0 Å². The van der Waals surface area contributed by atoms with Gasteiger partial charge in [0.1, 0.15) is 0 Å². The van der Waals surface area contributed by atoms with E-state index in [9.17, 15) is 0 Å². The molecule has 0 heteroatoms. The minimum atomic E-state index is 0.392.